The van der Waals surface area contributed by atoms with Crippen LogP contribution in [0.25, 0.3) is 0 Å². The van der Waals surface area contributed by atoms with Crippen LogP contribution < -0.4 is 15.5 Å². The molecule has 0 radical (unpaired) electrons. The van der Waals surface area contributed by atoms with E-state index in [1.807, 2.05) is 24.3 Å². The van der Waals surface area contributed by atoms with Gasteiger partial charge in [0.25, 0.3) is 0 Å². The molecule has 0 aromatic heterocycles. The van der Waals surface area contributed by atoms with E-state index in [1.165, 1.54) is 0 Å². The topological polar surface area (TPSA) is 64.6 Å². The van der Waals surface area contributed by atoms with Crippen LogP contribution in [0.15, 0.2) is 24.3 Å². The molecule has 5 nitrogen and oxygen atoms in total. The molecule has 1 atom stereocenters. The lowest BCUT2D eigenvalue weighted by Gasteiger charge is -2.33. The van der Waals surface area contributed by atoms with Crippen molar-refractivity contribution in [1.82, 2.24) is 5.32 Å². The molecule has 0 aliphatic carbocycles. The second kappa shape index (κ2) is 9.33. The number of para-hydroxylation sites is 2. The van der Waals surface area contributed by atoms with Crippen LogP contribution in [-0.2, 0) is 4.79 Å². The summed E-state index contributed by atoms with van der Waals surface area (Å²) in [5, 5.41) is 15.9. The van der Waals surface area contributed by atoms with Crippen molar-refractivity contribution >= 4 is 42.1 Å². The number of hydrogen-bond acceptors (Lipinski definition) is 4. The maximum absolute atomic E-state index is 12.3. The molecule has 2 fully saturated rings. The summed E-state index contributed by atoms with van der Waals surface area (Å²) >= 11 is 0. The van der Waals surface area contributed by atoms with E-state index in [2.05, 4.69) is 15.5 Å². The molecular formula is C16H25Cl2N3O2. The minimum atomic E-state index is -0.187. The van der Waals surface area contributed by atoms with E-state index >= 15 is 0 Å². The number of nitrogens with zero attached hydrogens (tertiary/aromatic N) is 1. The highest BCUT2D eigenvalue weighted by atomic mass is 35.5. The van der Waals surface area contributed by atoms with Gasteiger partial charge in [-0.2, -0.15) is 0 Å². The Kier molecular flexibility index (Phi) is 8.12. The van der Waals surface area contributed by atoms with Gasteiger partial charge in [-0.25, -0.2) is 0 Å². The average Bonchev–Trinajstić information content (AvgIpc) is 3.03. The Morgan fingerprint density at radius 2 is 1.87 bits per heavy atom. The standard InChI is InChI=1S/C16H23N3O2.2ClH/c20-13-6-9-19(10-7-13)15-4-2-1-3-14(15)18-16(21)12-5-8-17-11-12;;/h1-4,12-13,17,20H,5-11H2,(H,18,21);2*1H. The predicted octanol–water partition coefficient (Wildman–Crippen LogP) is 2.04. The highest BCUT2D eigenvalue weighted by Crippen LogP contribution is 2.29. The Hall–Kier alpha value is -1.01. The van der Waals surface area contributed by atoms with E-state index in [4.69, 9.17) is 0 Å². The minimum absolute atomic E-state index is 0. The Balaban J connectivity index is 0.00000132. The number of amides is 1. The second-order valence-corrected chi connectivity index (χ2v) is 5.91. The number of hydrogen-bond donors (Lipinski definition) is 3. The first-order valence-corrected chi connectivity index (χ1v) is 7.77. The molecule has 3 rings (SSSR count). The third-order valence-electron chi connectivity index (χ3n) is 4.40. The molecule has 1 aromatic rings. The van der Waals surface area contributed by atoms with Crippen molar-refractivity contribution in [2.45, 2.75) is 25.4 Å². The summed E-state index contributed by atoms with van der Waals surface area (Å²) in [6.07, 6.45) is 2.29. The Bertz CT molecular complexity index is 502. The summed E-state index contributed by atoms with van der Waals surface area (Å²) in [5.41, 5.74) is 1.94. The first-order valence-electron chi connectivity index (χ1n) is 7.77. The summed E-state index contributed by atoms with van der Waals surface area (Å²) in [7, 11) is 0. The molecule has 2 aliphatic rings. The molecule has 2 saturated heterocycles. The summed E-state index contributed by atoms with van der Waals surface area (Å²) in [5.74, 6) is 0.172. The normalized spacial score (nSPS) is 21.3. The molecule has 3 N–H and O–H groups in total. The van der Waals surface area contributed by atoms with Crippen LogP contribution >= 0.6 is 24.8 Å². The van der Waals surface area contributed by atoms with Gasteiger partial charge in [0.2, 0.25) is 5.91 Å². The summed E-state index contributed by atoms with van der Waals surface area (Å²) < 4.78 is 0. The number of benzene rings is 1. The molecule has 0 spiro atoms. The van der Waals surface area contributed by atoms with Gasteiger partial charge in [0, 0.05) is 19.6 Å². The van der Waals surface area contributed by atoms with E-state index in [9.17, 15) is 9.90 Å². The number of carbonyl (C=O) groups excluding carboxylic acids is 1. The molecule has 0 saturated carbocycles. The van der Waals surface area contributed by atoms with Crippen molar-refractivity contribution in [3.8, 4) is 0 Å². The van der Waals surface area contributed by atoms with Gasteiger partial charge in [0.05, 0.1) is 23.4 Å². The average molecular weight is 362 g/mol. The van der Waals surface area contributed by atoms with Gasteiger partial charge in [-0.1, -0.05) is 12.1 Å². The van der Waals surface area contributed by atoms with Crippen LogP contribution in [0.3, 0.4) is 0 Å². The van der Waals surface area contributed by atoms with Crippen molar-refractivity contribution in [2.75, 3.05) is 36.4 Å². The highest BCUT2D eigenvalue weighted by Gasteiger charge is 2.24. The fourth-order valence-corrected chi connectivity index (χ4v) is 3.08. The van der Waals surface area contributed by atoms with Crippen LogP contribution in [0.4, 0.5) is 11.4 Å². The number of piperidine rings is 1. The van der Waals surface area contributed by atoms with Crippen molar-refractivity contribution in [3.63, 3.8) is 0 Å². The van der Waals surface area contributed by atoms with E-state index in [-0.39, 0.29) is 42.7 Å². The Morgan fingerprint density at radius 3 is 2.52 bits per heavy atom. The SMILES string of the molecule is Cl.Cl.O=C(Nc1ccccc1N1CCC(O)CC1)C1CCNC1. The Morgan fingerprint density at radius 1 is 1.17 bits per heavy atom. The second-order valence-electron chi connectivity index (χ2n) is 5.91. The van der Waals surface area contributed by atoms with Crippen LogP contribution in [0.5, 0.6) is 0 Å². The number of aliphatic hydroxyl groups is 1. The number of rotatable bonds is 3. The fourth-order valence-electron chi connectivity index (χ4n) is 3.08. The van der Waals surface area contributed by atoms with Gasteiger partial charge in [-0.05, 0) is 37.9 Å². The highest BCUT2D eigenvalue weighted by molar-refractivity contribution is 5.96. The van der Waals surface area contributed by atoms with Gasteiger partial charge >= 0.3 is 0 Å². The van der Waals surface area contributed by atoms with Crippen LogP contribution in [0.1, 0.15) is 19.3 Å². The zero-order valence-corrected chi connectivity index (χ0v) is 14.7. The van der Waals surface area contributed by atoms with E-state index in [0.29, 0.717) is 0 Å². The quantitative estimate of drug-likeness (QED) is 0.770. The molecule has 1 aromatic carbocycles. The summed E-state index contributed by atoms with van der Waals surface area (Å²) in [6.45, 7) is 3.35. The summed E-state index contributed by atoms with van der Waals surface area (Å²) in [6, 6.07) is 7.94. The lowest BCUT2D eigenvalue weighted by Crippen LogP contribution is -2.36. The molecule has 130 valence electrons. The van der Waals surface area contributed by atoms with Gasteiger partial charge in [0.1, 0.15) is 0 Å². The molecule has 1 amide bonds. The summed E-state index contributed by atoms with van der Waals surface area (Å²) in [4.78, 5) is 14.5. The number of halogens is 2. The lowest BCUT2D eigenvalue weighted by molar-refractivity contribution is -0.119. The van der Waals surface area contributed by atoms with Crippen molar-refractivity contribution in [2.24, 2.45) is 5.92 Å². The van der Waals surface area contributed by atoms with Gasteiger partial charge in [0.15, 0.2) is 0 Å². The lowest BCUT2D eigenvalue weighted by atomic mass is 10.1. The molecule has 1 unspecified atom stereocenters. The fraction of sp³-hybridized carbons (Fsp3) is 0.562. The maximum Gasteiger partial charge on any atom is 0.228 e. The monoisotopic (exact) mass is 361 g/mol. The largest absolute Gasteiger partial charge is 0.393 e. The predicted molar refractivity (Wildman–Crippen MR) is 98.0 cm³/mol. The van der Waals surface area contributed by atoms with Crippen LogP contribution in [-0.4, -0.2) is 43.3 Å². The zero-order chi connectivity index (χ0) is 14.7. The first kappa shape index (κ1) is 20.0. The molecule has 23 heavy (non-hydrogen) atoms. The van der Waals surface area contributed by atoms with Gasteiger partial charge in [-0.3, -0.25) is 4.79 Å². The minimum Gasteiger partial charge on any atom is -0.393 e. The number of carbonyl (C=O) groups is 1. The van der Waals surface area contributed by atoms with Crippen molar-refractivity contribution in [3.05, 3.63) is 24.3 Å². The first-order chi connectivity index (χ1) is 10.2. The van der Waals surface area contributed by atoms with Gasteiger partial charge in [-0.15, -0.1) is 24.8 Å². The molecular weight excluding hydrogens is 337 g/mol. The van der Waals surface area contributed by atoms with Crippen LogP contribution in [0, 0.1) is 5.92 Å². The van der Waals surface area contributed by atoms with Gasteiger partial charge < -0.3 is 20.6 Å². The van der Waals surface area contributed by atoms with Crippen LogP contribution in [0.2, 0.25) is 0 Å². The maximum atomic E-state index is 12.3. The zero-order valence-electron chi connectivity index (χ0n) is 13.0. The molecule has 2 aliphatic heterocycles. The number of anilines is 2. The van der Waals surface area contributed by atoms with E-state index in [1.54, 1.807) is 0 Å². The van der Waals surface area contributed by atoms with E-state index < -0.39 is 0 Å². The van der Waals surface area contributed by atoms with Crippen molar-refractivity contribution in [1.29, 1.82) is 0 Å². The number of aliphatic hydroxyl groups excluding tert-OH is 1. The molecule has 7 heteroatoms. The third kappa shape index (κ3) is 4.98. The smallest absolute Gasteiger partial charge is 0.228 e. The number of nitrogens with one attached hydrogen (secondary N) is 2. The van der Waals surface area contributed by atoms with Crippen molar-refractivity contribution < 1.29 is 9.90 Å². The van der Waals surface area contributed by atoms with E-state index in [0.717, 1.165) is 56.8 Å². The molecule has 0 bridgehead atoms. The Labute approximate surface area is 149 Å². The molecule has 2 heterocycles. The third-order valence-corrected chi connectivity index (χ3v) is 4.40.